The molecule has 0 saturated heterocycles. The van der Waals surface area contributed by atoms with Crippen LogP contribution in [0.3, 0.4) is 0 Å². The van der Waals surface area contributed by atoms with Crippen LogP contribution in [-0.4, -0.2) is 12.6 Å². The summed E-state index contributed by atoms with van der Waals surface area (Å²) in [5.74, 6) is -0.374. The van der Waals surface area contributed by atoms with Crippen LogP contribution >= 0.6 is 15.9 Å². The van der Waals surface area contributed by atoms with Crippen molar-refractivity contribution < 1.29 is 9.53 Å². The molecule has 0 spiro atoms. The number of alkyl halides is 1. The second-order valence-electron chi connectivity index (χ2n) is 3.45. The van der Waals surface area contributed by atoms with Crippen molar-refractivity contribution in [3.63, 3.8) is 0 Å². The first-order valence-corrected chi connectivity index (χ1v) is 6.59. The molecule has 0 aliphatic rings. The molecule has 0 fully saturated rings. The highest BCUT2D eigenvalue weighted by Crippen LogP contribution is 2.22. The van der Waals surface area contributed by atoms with E-state index in [1.807, 2.05) is 13.0 Å². The van der Waals surface area contributed by atoms with Crippen molar-refractivity contribution in [2.75, 3.05) is 6.61 Å². The molecule has 0 heterocycles. The number of nitrogens with zero attached hydrogens (tertiary/aromatic N) is 1. The van der Waals surface area contributed by atoms with Crippen molar-refractivity contribution in [3.8, 4) is 6.07 Å². The quantitative estimate of drug-likeness (QED) is 0.633. The predicted molar refractivity (Wildman–Crippen MR) is 69.1 cm³/mol. The van der Waals surface area contributed by atoms with E-state index in [0.29, 0.717) is 28.6 Å². The molecular formula is C13H14BrNO2. The molecule has 0 saturated carbocycles. The lowest BCUT2D eigenvalue weighted by molar-refractivity contribution is 0.0525. The van der Waals surface area contributed by atoms with Crippen LogP contribution in [0.5, 0.6) is 0 Å². The van der Waals surface area contributed by atoms with E-state index in [2.05, 4.69) is 22.0 Å². The van der Waals surface area contributed by atoms with Crippen LogP contribution in [0, 0.1) is 11.3 Å². The largest absolute Gasteiger partial charge is 0.462 e. The van der Waals surface area contributed by atoms with E-state index in [9.17, 15) is 10.1 Å². The van der Waals surface area contributed by atoms with Crippen LogP contribution in [0.25, 0.3) is 0 Å². The van der Waals surface area contributed by atoms with Gasteiger partial charge in [0, 0.05) is 5.33 Å². The van der Waals surface area contributed by atoms with E-state index >= 15 is 0 Å². The minimum absolute atomic E-state index is 0.331. The number of carbonyl (C=O) groups excluding carboxylic acids is 1. The van der Waals surface area contributed by atoms with Gasteiger partial charge in [0.05, 0.1) is 23.8 Å². The first-order chi connectivity index (χ1) is 8.19. The number of aryl methyl sites for hydroxylation is 1. The van der Waals surface area contributed by atoms with Gasteiger partial charge < -0.3 is 4.74 Å². The molecule has 0 aliphatic heterocycles. The third-order valence-electron chi connectivity index (χ3n) is 2.52. The first-order valence-electron chi connectivity index (χ1n) is 5.47. The van der Waals surface area contributed by atoms with Crippen molar-refractivity contribution in [2.45, 2.75) is 25.6 Å². The number of ether oxygens (including phenoxy) is 1. The van der Waals surface area contributed by atoms with Crippen LogP contribution < -0.4 is 0 Å². The van der Waals surface area contributed by atoms with Crippen LogP contribution in [-0.2, 0) is 16.5 Å². The molecule has 0 aliphatic carbocycles. The summed E-state index contributed by atoms with van der Waals surface area (Å²) in [7, 11) is 0. The minimum atomic E-state index is -0.374. The van der Waals surface area contributed by atoms with Crippen molar-refractivity contribution in [3.05, 3.63) is 34.4 Å². The van der Waals surface area contributed by atoms with Crippen molar-refractivity contribution in [2.24, 2.45) is 0 Å². The number of hydrogen-bond donors (Lipinski definition) is 0. The summed E-state index contributed by atoms with van der Waals surface area (Å²) in [5, 5.41) is 9.64. The van der Waals surface area contributed by atoms with Gasteiger partial charge >= 0.3 is 5.97 Å². The molecule has 90 valence electrons. The molecule has 0 atom stereocenters. The zero-order valence-corrected chi connectivity index (χ0v) is 11.5. The van der Waals surface area contributed by atoms with Gasteiger partial charge in [-0.2, -0.15) is 5.26 Å². The Morgan fingerprint density at radius 2 is 2.18 bits per heavy atom. The highest BCUT2D eigenvalue weighted by molar-refractivity contribution is 9.08. The second kappa shape index (κ2) is 6.41. The molecule has 0 amide bonds. The average molecular weight is 296 g/mol. The molecule has 0 radical (unpaired) electrons. The fourth-order valence-corrected chi connectivity index (χ4v) is 2.25. The third kappa shape index (κ3) is 2.86. The number of benzene rings is 1. The van der Waals surface area contributed by atoms with Gasteiger partial charge in [-0.25, -0.2) is 4.79 Å². The SMILES string of the molecule is CCOC(=O)c1ccc(CC)c(C#N)c1CBr. The molecule has 1 rings (SSSR count). The maximum Gasteiger partial charge on any atom is 0.338 e. The summed E-state index contributed by atoms with van der Waals surface area (Å²) in [6.07, 6.45) is 0.770. The van der Waals surface area contributed by atoms with Gasteiger partial charge in [0.15, 0.2) is 0 Å². The zero-order chi connectivity index (χ0) is 12.8. The summed E-state index contributed by atoms with van der Waals surface area (Å²) in [5.41, 5.74) is 2.72. The Balaban J connectivity index is 3.34. The summed E-state index contributed by atoms with van der Waals surface area (Å²) in [4.78, 5) is 11.7. The second-order valence-corrected chi connectivity index (χ2v) is 4.01. The van der Waals surface area contributed by atoms with Gasteiger partial charge in [0.2, 0.25) is 0 Å². The molecule has 1 aromatic carbocycles. The molecule has 3 nitrogen and oxygen atoms in total. The third-order valence-corrected chi connectivity index (χ3v) is 3.08. The summed E-state index contributed by atoms with van der Waals surface area (Å²) < 4.78 is 4.97. The topological polar surface area (TPSA) is 50.1 Å². The van der Waals surface area contributed by atoms with E-state index in [-0.39, 0.29) is 5.97 Å². The van der Waals surface area contributed by atoms with Crippen molar-refractivity contribution in [1.29, 1.82) is 5.26 Å². The number of nitriles is 1. The Morgan fingerprint density at radius 3 is 2.65 bits per heavy atom. The summed E-state index contributed by atoms with van der Waals surface area (Å²) in [6.45, 7) is 4.08. The summed E-state index contributed by atoms with van der Waals surface area (Å²) >= 11 is 3.32. The fourth-order valence-electron chi connectivity index (χ4n) is 1.67. The predicted octanol–water partition coefficient (Wildman–Crippen LogP) is 3.19. The monoisotopic (exact) mass is 295 g/mol. The minimum Gasteiger partial charge on any atom is -0.462 e. The molecule has 17 heavy (non-hydrogen) atoms. The lowest BCUT2D eigenvalue weighted by atomic mass is 9.96. The van der Waals surface area contributed by atoms with E-state index in [1.54, 1.807) is 13.0 Å². The Hall–Kier alpha value is -1.34. The molecule has 0 bridgehead atoms. The van der Waals surface area contributed by atoms with Crippen molar-refractivity contribution in [1.82, 2.24) is 0 Å². The van der Waals surface area contributed by atoms with Gasteiger partial charge in [-0.1, -0.05) is 28.9 Å². The van der Waals surface area contributed by atoms with Gasteiger partial charge in [-0.3, -0.25) is 0 Å². The molecular weight excluding hydrogens is 282 g/mol. The maximum atomic E-state index is 11.7. The highest BCUT2D eigenvalue weighted by atomic mass is 79.9. The van der Waals surface area contributed by atoms with E-state index in [0.717, 1.165) is 12.0 Å². The Morgan fingerprint density at radius 1 is 1.47 bits per heavy atom. The number of halogens is 1. The Kier molecular flexibility index (Phi) is 5.17. The Labute approximate surface area is 110 Å². The van der Waals surface area contributed by atoms with E-state index in [4.69, 9.17) is 4.74 Å². The molecule has 4 heteroatoms. The molecule has 0 aromatic heterocycles. The zero-order valence-electron chi connectivity index (χ0n) is 9.92. The van der Waals surface area contributed by atoms with Crippen LogP contribution in [0.15, 0.2) is 12.1 Å². The van der Waals surface area contributed by atoms with Crippen LogP contribution in [0.2, 0.25) is 0 Å². The number of esters is 1. The lowest BCUT2D eigenvalue weighted by Crippen LogP contribution is -2.10. The smallest absolute Gasteiger partial charge is 0.338 e. The van der Waals surface area contributed by atoms with E-state index < -0.39 is 0 Å². The first kappa shape index (κ1) is 13.7. The van der Waals surface area contributed by atoms with Crippen LogP contribution in [0.1, 0.15) is 40.9 Å². The van der Waals surface area contributed by atoms with Gasteiger partial charge in [0.1, 0.15) is 0 Å². The van der Waals surface area contributed by atoms with E-state index in [1.165, 1.54) is 0 Å². The Bertz CT molecular complexity index is 463. The average Bonchev–Trinajstić information content (AvgIpc) is 2.36. The lowest BCUT2D eigenvalue weighted by Gasteiger charge is -2.11. The van der Waals surface area contributed by atoms with Crippen LogP contribution in [0.4, 0.5) is 0 Å². The van der Waals surface area contributed by atoms with Crippen molar-refractivity contribution >= 4 is 21.9 Å². The fraction of sp³-hybridized carbons (Fsp3) is 0.385. The van der Waals surface area contributed by atoms with Gasteiger partial charge in [-0.15, -0.1) is 0 Å². The standard InChI is InChI=1S/C13H14BrNO2/c1-3-9-5-6-10(13(16)17-4-2)11(7-14)12(9)8-15/h5-6H,3-4,7H2,1-2H3. The normalized spacial score (nSPS) is 9.76. The number of hydrogen-bond acceptors (Lipinski definition) is 3. The molecule has 0 unspecified atom stereocenters. The number of carbonyl (C=O) groups is 1. The molecule has 0 N–H and O–H groups in total. The summed E-state index contributed by atoms with van der Waals surface area (Å²) in [6, 6.07) is 5.71. The number of rotatable bonds is 4. The molecule has 1 aromatic rings. The van der Waals surface area contributed by atoms with Gasteiger partial charge in [0.25, 0.3) is 0 Å². The highest BCUT2D eigenvalue weighted by Gasteiger charge is 2.17. The maximum absolute atomic E-state index is 11.7. The van der Waals surface area contributed by atoms with Gasteiger partial charge in [-0.05, 0) is 30.5 Å².